The van der Waals surface area contributed by atoms with Crippen molar-refractivity contribution in [2.24, 2.45) is 0 Å². The summed E-state index contributed by atoms with van der Waals surface area (Å²) in [4.78, 5) is 18.1. The second kappa shape index (κ2) is 8.31. The summed E-state index contributed by atoms with van der Waals surface area (Å²) in [6.07, 6.45) is 1.67. The highest BCUT2D eigenvalue weighted by molar-refractivity contribution is 7.98. The van der Waals surface area contributed by atoms with Gasteiger partial charge in [0.2, 0.25) is 11.7 Å². The fraction of sp³-hybridized carbons (Fsp3) is 0.0769. The van der Waals surface area contributed by atoms with Crippen LogP contribution >= 0.6 is 11.8 Å². The van der Waals surface area contributed by atoms with E-state index in [4.69, 9.17) is 4.42 Å². The van der Waals surface area contributed by atoms with Crippen LogP contribution in [0.2, 0.25) is 0 Å². The lowest BCUT2D eigenvalue weighted by Gasteiger charge is -2.13. The lowest BCUT2D eigenvalue weighted by Crippen LogP contribution is -2.22. The average molecular weight is 466 g/mol. The molecule has 0 atom stereocenters. The van der Waals surface area contributed by atoms with Crippen molar-refractivity contribution in [3.05, 3.63) is 107 Å². The minimum Gasteiger partial charge on any atom is -0.444 e. The van der Waals surface area contributed by atoms with Gasteiger partial charge in [-0.3, -0.25) is 9.20 Å². The first-order valence-electron chi connectivity index (χ1n) is 10.8. The largest absolute Gasteiger partial charge is 0.444 e. The number of aromatic nitrogens is 5. The minimum absolute atomic E-state index is 0.120. The van der Waals surface area contributed by atoms with Gasteiger partial charge in [0, 0.05) is 11.3 Å². The molecule has 3 aromatic heterocycles. The molecule has 0 unspecified atom stereocenters. The van der Waals surface area contributed by atoms with Crippen LogP contribution in [0.1, 0.15) is 11.3 Å². The normalized spacial score (nSPS) is 11.4. The van der Waals surface area contributed by atoms with Crippen molar-refractivity contribution in [3.8, 4) is 17.1 Å². The summed E-state index contributed by atoms with van der Waals surface area (Å²) in [5, 5.41) is 10.1. The van der Waals surface area contributed by atoms with Crippen molar-refractivity contribution >= 4 is 28.4 Å². The molecule has 0 saturated heterocycles. The van der Waals surface area contributed by atoms with E-state index in [9.17, 15) is 4.79 Å². The van der Waals surface area contributed by atoms with Crippen molar-refractivity contribution in [1.29, 1.82) is 0 Å². The number of hydrogen-bond donors (Lipinski definition) is 0. The van der Waals surface area contributed by atoms with Crippen LogP contribution in [-0.2, 0) is 5.75 Å². The highest BCUT2D eigenvalue weighted by atomic mass is 32.2. The van der Waals surface area contributed by atoms with Gasteiger partial charge in [-0.05, 0) is 42.8 Å². The SMILES string of the molecule is Cc1ccccc1-n1c(=O)c2ccccc2n2c(SCc3coc(-c4ccccc4)n3)nnc12. The van der Waals surface area contributed by atoms with Gasteiger partial charge in [0.25, 0.3) is 5.56 Å². The zero-order valence-electron chi connectivity index (χ0n) is 18.3. The van der Waals surface area contributed by atoms with Gasteiger partial charge in [-0.1, -0.05) is 60.3 Å². The molecule has 6 rings (SSSR count). The van der Waals surface area contributed by atoms with Gasteiger partial charge < -0.3 is 4.42 Å². The molecule has 166 valence electrons. The van der Waals surface area contributed by atoms with Gasteiger partial charge in [-0.25, -0.2) is 9.55 Å². The number of nitrogens with zero attached hydrogens (tertiary/aromatic N) is 5. The highest BCUT2D eigenvalue weighted by Gasteiger charge is 2.19. The summed E-state index contributed by atoms with van der Waals surface area (Å²) >= 11 is 1.50. The number of para-hydroxylation sites is 2. The number of thioether (sulfide) groups is 1. The Bertz CT molecular complexity index is 1700. The van der Waals surface area contributed by atoms with E-state index in [1.807, 2.05) is 90.2 Å². The Morgan fingerprint density at radius 2 is 1.68 bits per heavy atom. The molecule has 8 heteroatoms. The standard InChI is InChI=1S/C26H19N5O2S/c1-17-9-5-7-13-21(17)30-24(32)20-12-6-8-14-22(20)31-25(30)28-29-26(31)34-16-19-15-33-23(27-19)18-10-3-2-4-11-18/h2-15H,16H2,1H3. The molecule has 0 saturated carbocycles. The van der Waals surface area contributed by atoms with E-state index in [0.29, 0.717) is 28.0 Å². The Kier molecular flexibility index (Phi) is 5.00. The minimum atomic E-state index is -0.120. The summed E-state index contributed by atoms with van der Waals surface area (Å²) in [6.45, 7) is 1.98. The number of fused-ring (bicyclic) bond motifs is 3. The van der Waals surface area contributed by atoms with Crippen molar-refractivity contribution in [2.75, 3.05) is 0 Å². The van der Waals surface area contributed by atoms with Crippen LogP contribution in [0.15, 0.2) is 99.5 Å². The molecule has 0 aliphatic rings. The molecule has 34 heavy (non-hydrogen) atoms. The topological polar surface area (TPSA) is 78.2 Å². The molecule has 0 N–H and O–H groups in total. The summed E-state index contributed by atoms with van der Waals surface area (Å²) in [5.74, 6) is 1.61. The molecule has 0 bridgehead atoms. The smallest absolute Gasteiger partial charge is 0.267 e. The molecule has 6 aromatic rings. The van der Waals surface area contributed by atoms with E-state index in [1.54, 1.807) is 10.8 Å². The molecule has 0 aliphatic heterocycles. The van der Waals surface area contributed by atoms with Crippen LogP contribution in [-0.4, -0.2) is 24.1 Å². The zero-order chi connectivity index (χ0) is 23.1. The first kappa shape index (κ1) is 20.4. The number of oxazole rings is 1. The maximum Gasteiger partial charge on any atom is 0.267 e. The van der Waals surface area contributed by atoms with Gasteiger partial charge >= 0.3 is 0 Å². The van der Waals surface area contributed by atoms with Crippen LogP contribution in [0.4, 0.5) is 0 Å². The van der Waals surface area contributed by atoms with Crippen molar-refractivity contribution in [1.82, 2.24) is 24.1 Å². The first-order valence-corrected chi connectivity index (χ1v) is 11.8. The third kappa shape index (κ3) is 3.39. The molecule has 3 heterocycles. The van der Waals surface area contributed by atoms with Crippen molar-refractivity contribution < 1.29 is 4.42 Å². The zero-order valence-corrected chi connectivity index (χ0v) is 19.1. The van der Waals surface area contributed by atoms with Crippen LogP contribution in [0, 0.1) is 6.92 Å². The Morgan fingerprint density at radius 3 is 2.53 bits per heavy atom. The predicted octanol–water partition coefficient (Wildman–Crippen LogP) is 5.29. The van der Waals surface area contributed by atoms with Crippen LogP contribution < -0.4 is 5.56 Å². The van der Waals surface area contributed by atoms with Crippen LogP contribution in [0.5, 0.6) is 0 Å². The molecular weight excluding hydrogens is 446 g/mol. The molecular formula is C26H19N5O2S. The average Bonchev–Trinajstić information content (AvgIpc) is 3.52. The van der Waals surface area contributed by atoms with Gasteiger partial charge in [0.1, 0.15) is 6.26 Å². The van der Waals surface area contributed by atoms with Crippen molar-refractivity contribution in [2.45, 2.75) is 17.8 Å². The number of hydrogen-bond acceptors (Lipinski definition) is 6. The maximum atomic E-state index is 13.5. The van der Waals surface area contributed by atoms with Gasteiger partial charge in [-0.15, -0.1) is 10.2 Å². The third-order valence-electron chi connectivity index (χ3n) is 5.67. The summed E-state index contributed by atoms with van der Waals surface area (Å²) < 4.78 is 9.25. The van der Waals surface area contributed by atoms with Crippen molar-refractivity contribution in [3.63, 3.8) is 0 Å². The molecule has 0 radical (unpaired) electrons. The Hall–Kier alpha value is -4.17. The quantitative estimate of drug-likeness (QED) is 0.322. The van der Waals surface area contributed by atoms with E-state index in [2.05, 4.69) is 15.2 Å². The summed E-state index contributed by atoms with van der Waals surface area (Å²) in [7, 11) is 0. The fourth-order valence-corrected chi connectivity index (χ4v) is 4.85. The van der Waals surface area contributed by atoms with Gasteiger partial charge in [-0.2, -0.15) is 0 Å². The lowest BCUT2D eigenvalue weighted by atomic mass is 10.2. The molecule has 7 nitrogen and oxygen atoms in total. The predicted molar refractivity (Wildman–Crippen MR) is 132 cm³/mol. The van der Waals surface area contributed by atoms with Crippen LogP contribution in [0.25, 0.3) is 33.8 Å². The molecule has 0 amide bonds. The van der Waals surface area contributed by atoms with Gasteiger partial charge in [0.05, 0.1) is 22.3 Å². The summed E-state index contributed by atoms with van der Waals surface area (Å²) in [6, 6.07) is 25.1. The number of rotatable bonds is 5. The second-order valence-corrected chi connectivity index (χ2v) is 8.80. The lowest BCUT2D eigenvalue weighted by molar-refractivity contribution is 0.573. The Labute approximate surface area is 198 Å². The molecule has 3 aromatic carbocycles. The first-order chi connectivity index (χ1) is 16.7. The molecule has 0 aliphatic carbocycles. The number of aryl methyl sites for hydroxylation is 1. The fourth-order valence-electron chi connectivity index (χ4n) is 4.03. The highest BCUT2D eigenvalue weighted by Crippen LogP contribution is 2.27. The van der Waals surface area contributed by atoms with Crippen LogP contribution in [0.3, 0.4) is 0 Å². The number of benzene rings is 3. The van der Waals surface area contributed by atoms with E-state index in [0.717, 1.165) is 28.0 Å². The van der Waals surface area contributed by atoms with E-state index in [-0.39, 0.29) is 5.56 Å². The third-order valence-corrected chi connectivity index (χ3v) is 6.64. The van der Waals surface area contributed by atoms with E-state index in [1.165, 1.54) is 11.8 Å². The maximum absolute atomic E-state index is 13.5. The van der Waals surface area contributed by atoms with Gasteiger partial charge in [0.15, 0.2) is 5.16 Å². The van der Waals surface area contributed by atoms with E-state index < -0.39 is 0 Å². The summed E-state index contributed by atoms with van der Waals surface area (Å²) in [5.41, 5.74) is 4.15. The Morgan fingerprint density at radius 1 is 0.912 bits per heavy atom. The monoisotopic (exact) mass is 465 g/mol. The second-order valence-electron chi connectivity index (χ2n) is 7.86. The molecule has 0 spiro atoms. The van der Waals surface area contributed by atoms with E-state index >= 15 is 0 Å². The Balaban J connectivity index is 1.44. The molecule has 0 fully saturated rings.